The van der Waals surface area contributed by atoms with E-state index in [0.29, 0.717) is 24.5 Å². The average molecular weight is 264 g/mol. The smallest absolute Gasteiger partial charge is 0.226 e. The Bertz CT molecular complexity index is 419. The molecule has 1 unspecified atom stereocenters. The summed E-state index contributed by atoms with van der Waals surface area (Å²) in [6, 6.07) is 7.08. The molecule has 104 valence electrons. The third-order valence-electron chi connectivity index (χ3n) is 3.37. The van der Waals surface area contributed by atoms with Gasteiger partial charge >= 0.3 is 0 Å². The fraction of sp³-hybridized carbons (Fsp3) is 0.500. The molecule has 0 aliphatic carbocycles. The standard InChI is InChI=1S/C14H20N2O3/c15-11-3-5-13(6-4-11)19-9-7-14(18)16-8-1-2-12(16)10-17/h3-6,12,17H,1-2,7-10,15H2. The van der Waals surface area contributed by atoms with E-state index in [1.165, 1.54) is 0 Å². The van der Waals surface area contributed by atoms with Crippen LogP contribution in [0.2, 0.25) is 0 Å². The Labute approximate surface area is 113 Å². The highest BCUT2D eigenvalue weighted by Crippen LogP contribution is 2.18. The number of rotatable bonds is 5. The van der Waals surface area contributed by atoms with Gasteiger partial charge in [-0.25, -0.2) is 0 Å². The predicted molar refractivity (Wildman–Crippen MR) is 72.8 cm³/mol. The molecule has 1 aliphatic rings. The van der Waals surface area contributed by atoms with Crippen molar-refractivity contribution < 1.29 is 14.6 Å². The molecule has 19 heavy (non-hydrogen) atoms. The van der Waals surface area contributed by atoms with E-state index in [1.54, 1.807) is 29.2 Å². The normalized spacial score (nSPS) is 18.6. The number of ether oxygens (including phenoxy) is 1. The predicted octanol–water partition coefficient (Wildman–Crippen LogP) is 1.02. The van der Waals surface area contributed by atoms with Crippen molar-refractivity contribution in [2.24, 2.45) is 0 Å². The number of benzene rings is 1. The zero-order chi connectivity index (χ0) is 13.7. The Morgan fingerprint density at radius 3 is 2.84 bits per heavy atom. The van der Waals surface area contributed by atoms with Crippen LogP contribution in [0.25, 0.3) is 0 Å². The summed E-state index contributed by atoms with van der Waals surface area (Å²) in [5, 5.41) is 9.18. The Morgan fingerprint density at radius 1 is 1.42 bits per heavy atom. The maximum absolute atomic E-state index is 12.0. The van der Waals surface area contributed by atoms with E-state index in [2.05, 4.69) is 0 Å². The first kappa shape index (κ1) is 13.7. The fourth-order valence-corrected chi connectivity index (χ4v) is 2.32. The molecule has 1 atom stereocenters. The highest BCUT2D eigenvalue weighted by Gasteiger charge is 2.27. The SMILES string of the molecule is Nc1ccc(OCCC(=O)N2CCCC2CO)cc1. The summed E-state index contributed by atoms with van der Waals surface area (Å²) in [5.41, 5.74) is 6.26. The van der Waals surface area contributed by atoms with Crippen LogP contribution in [-0.4, -0.2) is 41.7 Å². The molecule has 0 saturated carbocycles. The highest BCUT2D eigenvalue weighted by molar-refractivity contribution is 5.77. The van der Waals surface area contributed by atoms with Gasteiger partial charge < -0.3 is 20.5 Å². The zero-order valence-electron chi connectivity index (χ0n) is 10.9. The van der Waals surface area contributed by atoms with Crippen molar-refractivity contribution in [1.29, 1.82) is 0 Å². The van der Waals surface area contributed by atoms with Crippen LogP contribution in [0.15, 0.2) is 24.3 Å². The van der Waals surface area contributed by atoms with E-state index in [0.717, 1.165) is 19.4 Å². The van der Waals surface area contributed by atoms with Crippen LogP contribution in [0.5, 0.6) is 5.75 Å². The first-order chi connectivity index (χ1) is 9.20. The van der Waals surface area contributed by atoms with Crippen molar-refractivity contribution in [2.75, 3.05) is 25.5 Å². The number of aliphatic hydroxyl groups is 1. The molecular weight excluding hydrogens is 244 g/mol. The number of aliphatic hydroxyl groups excluding tert-OH is 1. The lowest BCUT2D eigenvalue weighted by Gasteiger charge is -2.23. The Hall–Kier alpha value is -1.75. The summed E-state index contributed by atoms with van der Waals surface area (Å²) in [6.07, 6.45) is 2.19. The number of anilines is 1. The van der Waals surface area contributed by atoms with Crippen LogP contribution in [0.4, 0.5) is 5.69 Å². The third-order valence-corrected chi connectivity index (χ3v) is 3.37. The molecule has 2 rings (SSSR count). The van der Waals surface area contributed by atoms with Gasteiger partial charge in [-0.15, -0.1) is 0 Å². The lowest BCUT2D eigenvalue weighted by molar-refractivity contribution is -0.133. The van der Waals surface area contributed by atoms with Gasteiger partial charge in [0.15, 0.2) is 0 Å². The van der Waals surface area contributed by atoms with Crippen LogP contribution in [0.1, 0.15) is 19.3 Å². The summed E-state index contributed by atoms with van der Waals surface area (Å²) < 4.78 is 5.49. The minimum atomic E-state index is -0.0102. The van der Waals surface area contributed by atoms with Crippen LogP contribution >= 0.6 is 0 Å². The molecule has 1 aromatic rings. The van der Waals surface area contributed by atoms with E-state index in [1.807, 2.05) is 0 Å². The van der Waals surface area contributed by atoms with E-state index < -0.39 is 0 Å². The number of likely N-dealkylation sites (tertiary alicyclic amines) is 1. The molecule has 1 aromatic carbocycles. The van der Waals surface area contributed by atoms with E-state index in [-0.39, 0.29) is 18.6 Å². The van der Waals surface area contributed by atoms with Crippen molar-refractivity contribution in [3.63, 3.8) is 0 Å². The minimum absolute atomic E-state index is 0.0102. The molecule has 1 aliphatic heterocycles. The Balaban J connectivity index is 1.76. The first-order valence-electron chi connectivity index (χ1n) is 6.59. The van der Waals surface area contributed by atoms with Crippen LogP contribution in [0.3, 0.4) is 0 Å². The molecule has 3 N–H and O–H groups in total. The van der Waals surface area contributed by atoms with Gasteiger partial charge in [-0.1, -0.05) is 0 Å². The third kappa shape index (κ3) is 3.61. The number of nitrogens with two attached hydrogens (primary N) is 1. The molecule has 5 nitrogen and oxygen atoms in total. The highest BCUT2D eigenvalue weighted by atomic mass is 16.5. The molecule has 5 heteroatoms. The van der Waals surface area contributed by atoms with E-state index >= 15 is 0 Å². The van der Waals surface area contributed by atoms with Crippen LogP contribution in [-0.2, 0) is 4.79 Å². The topological polar surface area (TPSA) is 75.8 Å². The number of nitrogens with zero attached hydrogens (tertiary/aromatic N) is 1. The first-order valence-corrected chi connectivity index (χ1v) is 6.59. The second-order valence-corrected chi connectivity index (χ2v) is 4.73. The van der Waals surface area contributed by atoms with E-state index in [9.17, 15) is 9.90 Å². The second-order valence-electron chi connectivity index (χ2n) is 4.73. The van der Waals surface area contributed by atoms with Gasteiger partial charge in [-0.2, -0.15) is 0 Å². The molecule has 0 radical (unpaired) electrons. The zero-order valence-corrected chi connectivity index (χ0v) is 10.9. The molecule has 1 amide bonds. The molecule has 0 bridgehead atoms. The largest absolute Gasteiger partial charge is 0.493 e. The van der Waals surface area contributed by atoms with Gasteiger partial charge in [0.05, 0.1) is 25.7 Å². The second kappa shape index (κ2) is 6.43. The summed E-state index contributed by atoms with van der Waals surface area (Å²) in [7, 11) is 0. The maximum atomic E-state index is 12.0. The fourth-order valence-electron chi connectivity index (χ4n) is 2.32. The van der Waals surface area contributed by atoms with Gasteiger partial charge in [0, 0.05) is 12.2 Å². The number of nitrogen functional groups attached to an aromatic ring is 1. The van der Waals surface area contributed by atoms with Crippen molar-refractivity contribution in [1.82, 2.24) is 4.90 Å². The van der Waals surface area contributed by atoms with Gasteiger partial charge in [0.25, 0.3) is 0 Å². The minimum Gasteiger partial charge on any atom is -0.493 e. The van der Waals surface area contributed by atoms with Gasteiger partial charge in [-0.3, -0.25) is 4.79 Å². The number of amides is 1. The molecular formula is C14H20N2O3. The number of hydrogen-bond donors (Lipinski definition) is 2. The van der Waals surface area contributed by atoms with E-state index in [4.69, 9.17) is 10.5 Å². The summed E-state index contributed by atoms with van der Waals surface area (Å²) in [4.78, 5) is 13.7. The number of carbonyl (C=O) groups excluding carboxylic acids is 1. The lowest BCUT2D eigenvalue weighted by atomic mass is 10.2. The lowest BCUT2D eigenvalue weighted by Crippen LogP contribution is -2.38. The maximum Gasteiger partial charge on any atom is 0.226 e. The average Bonchev–Trinajstić information content (AvgIpc) is 2.89. The van der Waals surface area contributed by atoms with Gasteiger partial charge in [-0.05, 0) is 37.1 Å². The van der Waals surface area contributed by atoms with Crippen molar-refractivity contribution in [2.45, 2.75) is 25.3 Å². The quantitative estimate of drug-likeness (QED) is 0.779. The summed E-state index contributed by atoms with van der Waals surface area (Å²) in [6.45, 7) is 1.13. The van der Waals surface area contributed by atoms with Crippen molar-refractivity contribution in [3.8, 4) is 5.75 Å². The molecule has 1 saturated heterocycles. The van der Waals surface area contributed by atoms with Crippen molar-refractivity contribution in [3.05, 3.63) is 24.3 Å². The van der Waals surface area contributed by atoms with Gasteiger partial charge in [0.2, 0.25) is 5.91 Å². The number of carbonyl (C=O) groups is 1. The molecule has 0 spiro atoms. The Morgan fingerprint density at radius 2 is 2.16 bits per heavy atom. The summed E-state index contributed by atoms with van der Waals surface area (Å²) in [5.74, 6) is 0.758. The monoisotopic (exact) mass is 264 g/mol. The van der Waals surface area contributed by atoms with Crippen LogP contribution in [0, 0.1) is 0 Å². The van der Waals surface area contributed by atoms with Crippen molar-refractivity contribution >= 4 is 11.6 Å². The van der Waals surface area contributed by atoms with Gasteiger partial charge in [0.1, 0.15) is 5.75 Å². The van der Waals surface area contributed by atoms with Crippen LogP contribution < -0.4 is 10.5 Å². The Kier molecular flexibility index (Phi) is 4.63. The number of hydrogen-bond acceptors (Lipinski definition) is 4. The molecule has 1 fully saturated rings. The molecule has 0 aromatic heterocycles. The molecule has 1 heterocycles. The summed E-state index contributed by atoms with van der Waals surface area (Å²) >= 11 is 0.